The summed E-state index contributed by atoms with van der Waals surface area (Å²) in [6, 6.07) is 18.0. The highest BCUT2D eigenvalue weighted by atomic mass is 35.5. The molecule has 8 heteroatoms. The summed E-state index contributed by atoms with van der Waals surface area (Å²) >= 11 is 5.96. The third-order valence-electron chi connectivity index (χ3n) is 6.47. The molecular weight excluding hydrogens is 484 g/mol. The fraction of sp³-hybridized carbons (Fsp3) is 0.333. The van der Waals surface area contributed by atoms with Gasteiger partial charge in [-0.25, -0.2) is 13.1 Å². The first-order chi connectivity index (χ1) is 16.7. The first-order valence-electron chi connectivity index (χ1n) is 11.5. The summed E-state index contributed by atoms with van der Waals surface area (Å²) in [6.07, 6.45) is 0.828. The van der Waals surface area contributed by atoms with E-state index < -0.39 is 16.1 Å². The summed E-state index contributed by atoms with van der Waals surface area (Å²) in [5.41, 5.74) is 4.55. The molecule has 186 valence electrons. The van der Waals surface area contributed by atoms with Crippen LogP contribution in [-0.2, 0) is 23.0 Å². The maximum absolute atomic E-state index is 13.2. The van der Waals surface area contributed by atoms with Gasteiger partial charge in [-0.15, -0.1) is 0 Å². The number of methoxy groups -OCH3 is 2. The van der Waals surface area contributed by atoms with E-state index in [4.69, 9.17) is 21.1 Å². The van der Waals surface area contributed by atoms with E-state index in [1.165, 1.54) is 23.3 Å². The van der Waals surface area contributed by atoms with E-state index in [1.54, 1.807) is 26.4 Å². The minimum atomic E-state index is -3.75. The van der Waals surface area contributed by atoms with E-state index in [2.05, 4.69) is 40.8 Å². The molecule has 0 unspecified atom stereocenters. The maximum Gasteiger partial charge on any atom is 0.240 e. The normalized spacial score (nSPS) is 17.0. The number of sulfonamides is 1. The van der Waals surface area contributed by atoms with E-state index in [9.17, 15) is 8.42 Å². The van der Waals surface area contributed by atoms with Crippen LogP contribution in [0.4, 0.5) is 0 Å². The lowest BCUT2D eigenvalue weighted by Gasteiger charge is -2.41. The van der Waals surface area contributed by atoms with Crippen LogP contribution >= 0.6 is 11.6 Å². The standard InChI is InChI=1S/C27H31ClN2O4S/c1-18-5-7-20(8-6-18)17-30-14-13-21-15-25(33-3)26(34-4)16-24(21)27(30)19(2)29-35(31,32)23-11-9-22(28)10-12-23/h5-12,15-16,19,27,29H,13-14,17H2,1-4H3/t19-,27+/m0/s1. The Hall–Kier alpha value is -2.58. The van der Waals surface area contributed by atoms with Crippen LogP contribution in [0, 0.1) is 6.92 Å². The first-order valence-corrected chi connectivity index (χ1v) is 13.4. The Bertz CT molecular complexity index is 1280. The third kappa shape index (κ3) is 5.64. The van der Waals surface area contributed by atoms with Gasteiger partial charge in [0.25, 0.3) is 0 Å². The van der Waals surface area contributed by atoms with E-state index in [0.29, 0.717) is 23.1 Å². The van der Waals surface area contributed by atoms with Crippen molar-refractivity contribution in [3.05, 3.63) is 87.9 Å². The van der Waals surface area contributed by atoms with Gasteiger partial charge in [-0.05, 0) is 73.4 Å². The van der Waals surface area contributed by atoms with Gasteiger partial charge in [0, 0.05) is 24.2 Å². The number of rotatable bonds is 8. The van der Waals surface area contributed by atoms with Crippen molar-refractivity contribution in [3.63, 3.8) is 0 Å². The van der Waals surface area contributed by atoms with Gasteiger partial charge in [0.2, 0.25) is 10.0 Å². The average Bonchev–Trinajstić information content (AvgIpc) is 2.84. The lowest BCUT2D eigenvalue weighted by atomic mass is 9.88. The number of ether oxygens (including phenoxy) is 2. The Kier molecular flexibility index (Phi) is 7.71. The number of benzene rings is 3. The van der Waals surface area contributed by atoms with Crippen LogP contribution in [0.2, 0.25) is 5.02 Å². The summed E-state index contributed by atoms with van der Waals surface area (Å²) in [6.45, 7) is 5.46. The van der Waals surface area contributed by atoms with Crippen LogP contribution in [0.3, 0.4) is 0 Å². The fourth-order valence-electron chi connectivity index (χ4n) is 4.71. The van der Waals surface area contributed by atoms with Crippen molar-refractivity contribution >= 4 is 21.6 Å². The molecule has 1 N–H and O–H groups in total. The van der Waals surface area contributed by atoms with Gasteiger partial charge in [0.15, 0.2) is 11.5 Å². The van der Waals surface area contributed by atoms with Gasteiger partial charge in [-0.3, -0.25) is 4.90 Å². The number of hydrogen-bond donors (Lipinski definition) is 1. The second kappa shape index (κ2) is 10.6. The third-order valence-corrected chi connectivity index (χ3v) is 8.30. The predicted molar refractivity (Wildman–Crippen MR) is 139 cm³/mol. The summed E-state index contributed by atoms with van der Waals surface area (Å²) in [5.74, 6) is 1.30. The molecule has 0 radical (unpaired) electrons. The number of nitrogens with one attached hydrogen (secondary N) is 1. The Morgan fingerprint density at radius 3 is 2.29 bits per heavy atom. The number of hydrogen-bond acceptors (Lipinski definition) is 5. The van der Waals surface area contributed by atoms with Crippen LogP contribution in [-0.4, -0.2) is 40.1 Å². The van der Waals surface area contributed by atoms with Gasteiger partial charge in [-0.1, -0.05) is 41.4 Å². The molecule has 0 saturated carbocycles. The van der Waals surface area contributed by atoms with Crippen LogP contribution < -0.4 is 14.2 Å². The van der Waals surface area contributed by atoms with Crippen LogP contribution in [0.1, 0.15) is 35.2 Å². The van der Waals surface area contributed by atoms with Gasteiger partial charge in [0.05, 0.1) is 25.2 Å². The quantitative estimate of drug-likeness (QED) is 0.451. The highest BCUT2D eigenvalue weighted by molar-refractivity contribution is 7.89. The highest BCUT2D eigenvalue weighted by Crippen LogP contribution is 2.40. The van der Waals surface area contributed by atoms with Crippen molar-refractivity contribution in [2.24, 2.45) is 0 Å². The topological polar surface area (TPSA) is 67.9 Å². The minimum Gasteiger partial charge on any atom is -0.493 e. The van der Waals surface area contributed by atoms with Crippen molar-refractivity contribution in [3.8, 4) is 11.5 Å². The lowest BCUT2D eigenvalue weighted by molar-refractivity contribution is 0.150. The zero-order chi connectivity index (χ0) is 25.2. The van der Waals surface area contributed by atoms with Crippen molar-refractivity contribution < 1.29 is 17.9 Å². The summed E-state index contributed by atoms with van der Waals surface area (Å²) in [5, 5.41) is 0.489. The summed E-state index contributed by atoms with van der Waals surface area (Å²) in [4.78, 5) is 2.51. The largest absolute Gasteiger partial charge is 0.493 e. The molecule has 0 aliphatic carbocycles. The zero-order valence-corrected chi connectivity index (χ0v) is 22.0. The van der Waals surface area contributed by atoms with Crippen molar-refractivity contribution in [1.29, 1.82) is 0 Å². The average molecular weight is 515 g/mol. The molecular formula is C27H31ClN2O4S. The van der Waals surface area contributed by atoms with Gasteiger partial charge in [-0.2, -0.15) is 0 Å². The summed E-state index contributed by atoms with van der Waals surface area (Å²) in [7, 11) is -0.518. The molecule has 0 aromatic heterocycles. The Labute approximate surface area is 212 Å². The van der Waals surface area contributed by atoms with E-state index in [0.717, 1.165) is 24.1 Å². The van der Waals surface area contributed by atoms with E-state index >= 15 is 0 Å². The van der Waals surface area contributed by atoms with Gasteiger partial charge in [0.1, 0.15) is 0 Å². The second-order valence-electron chi connectivity index (χ2n) is 8.92. The predicted octanol–water partition coefficient (Wildman–Crippen LogP) is 5.13. The molecule has 0 spiro atoms. The first kappa shape index (κ1) is 25.5. The monoisotopic (exact) mass is 514 g/mol. The Morgan fingerprint density at radius 2 is 1.66 bits per heavy atom. The van der Waals surface area contributed by atoms with Crippen molar-refractivity contribution in [2.45, 2.75) is 43.8 Å². The molecule has 2 atom stereocenters. The molecule has 1 heterocycles. The molecule has 3 aromatic carbocycles. The molecule has 6 nitrogen and oxygen atoms in total. The molecule has 0 amide bonds. The van der Waals surface area contributed by atoms with Gasteiger partial charge >= 0.3 is 0 Å². The molecule has 0 bridgehead atoms. The molecule has 1 aliphatic heterocycles. The fourth-order valence-corrected chi connectivity index (χ4v) is 6.09. The Balaban J connectivity index is 1.71. The summed E-state index contributed by atoms with van der Waals surface area (Å²) < 4.78 is 40.4. The zero-order valence-electron chi connectivity index (χ0n) is 20.4. The van der Waals surface area contributed by atoms with E-state index in [1.807, 2.05) is 19.1 Å². The molecule has 4 rings (SSSR count). The molecule has 1 aliphatic rings. The number of fused-ring (bicyclic) bond motifs is 1. The van der Waals surface area contributed by atoms with Crippen LogP contribution in [0.15, 0.2) is 65.6 Å². The van der Waals surface area contributed by atoms with Crippen LogP contribution in [0.5, 0.6) is 11.5 Å². The lowest BCUT2D eigenvalue weighted by Crippen LogP contribution is -2.47. The number of aryl methyl sites for hydroxylation is 1. The SMILES string of the molecule is COc1cc2c(cc1OC)[C@@H]([C@H](C)NS(=O)(=O)c1ccc(Cl)cc1)N(Cc1ccc(C)cc1)CC2. The van der Waals surface area contributed by atoms with Gasteiger partial charge < -0.3 is 9.47 Å². The number of halogens is 1. The maximum atomic E-state index is 13.2. The highest BCUT2D eigenvalue weighted by Gasteiger charge is 2.35. The number of nitrogens with zero attached hydrogens (tertiary/aromatic N) is 1. The smallest absolute Gasteiger partial charge is 0.240 e. The molecule has 0 saturated heterocycles. The van der Waals surface area contributed by atoms with Crippen molar-refractivity contribution in [1.82, 2.24) is 9.62 Å². The molecule has 3 aromatic rings. The molecule has 35 heavy (non-hydrogen) atoms. The van der Waals surface area contributed by atoms with Crippen LogP contribution in [0.25, 0.3) is 0 Å². The van der Waals surface area contributed by atoms with Crippen molar-refractivity contribution in [2.75, 3.05) is 20.8 Å². The minimum absolute atomic E-state index is 0.183. The second-order valence-corrected chi connectivity index (χ2v) is 11.1. The Morgan fingerprint density at radius 1 is 1.03 bits per heavy atom. The molecule has 0 fully saturated rings. The van der Waals surface area contributed by atoms with E-state index in [-0.39, 0.29) is 10.9 Å².